The van der Waals surface area contributed by atoms with Crippen molar-refractivity contribution in [1.29, 1.82) is 0 Å². The Kier molecular flexibility index (Phi) is 5.09. The van der Waals surface area contributed by atoms with Crippen LogP contribution in [0.5, 0.6) is 5.75 Å². The van der Waals surface area contributed by atoms with Crippen molar-refractivity contribution < 1.29 is 27.4 Å². The third kappa shape index (κ3) is 3.82. The van der Waals surface area contributed by atoms with E-state index in [1.807, 2.05) is 13.8 Å². The maximum absolute atomic E-state index is 13.6. The van der Waals surface area contributed by atoms with Gasteiger partial charge in [-0.15, -0.1) is 0 Å². The van der Waals surface area contributed by atoms with Gasteiger partial charge in [-0.2, -0.15) is 13.2 Å². The first-order chi connectivity index (χ1) is 13.1. The Morgan fingerprint density at radius 2 is 2.00 bits per heavy atom. The molecule has 0 unspecified atom stereocenters. The molecule has 10 heteroatoms. The summed E-state index contributed by atoms with van der Waals surface area (Å²) in [6, 6.07) is 4.00. The maximum atomic E-state index is 13.6. The highest BCUT2D eigenvalue weighted by Gasteiger charge is 2.42. The Morgan fingerprint density at radius 1 is 1.29 bits per heavy atom. The van der Waals surface area contributed by atoms with E-state index < -0.39 is 30.6 Å². The Labute approximate surface area is 159 Å². The van der Waals surface area contributed by atoms with E-state index in [2.05, 4.69) is 15.3 Å². The first-order valence-corrected chi connectivity index (χ1v) is 8.49. The number of hydrogen-bond donors (Lipinski definition) is 2. The lowest BCUT2D eigenvalue weighted by atomic mass is 9.88. The predicted octanol–water partition coefficient (Wildman–Crippen LogP) is 3.52. The van der Waals surface area contributed by atoms with Gasteiger partial charge in [0.15, 0.2) is 5.82 Å². The summed E-state index contributed by atoms with van der Waals surface area (Å²) >= 11 is 0. The van der Waals surface area contributed by atoms with Gasteiger partial charge in [-0.1, -0.05) is 13.8 Å². The third-order valence-electron chi connectivity index (χ3n) is 4.45. The summed E-state index contributed by atoms with van der Waals surface area (Å²) in [6.07, 6.45) is -4.43. The number of anilines is 3. The zero-order valence-corrected chi connectivity index (χ0v) is 15.6. The van der Waals surface area contributed by atoms with Crippen LogP contribution in [0.15, 0.2) is 18.2 Å². The van der Waals surface area contributed by atoms with Crippen LogP contribution >= 0.6 is 0 Å². The van der Waals surface area contributed by atoms with Gasteiger partial charge in [-0.05, 0) is 12.1 Å². The fourth-order valence-electron chi connectivity index (χ4n) is 3.32. The van der Waals surface area contributed by atoms with E-state index in [1.54, 1.807) is 4.90 Å². The number of fused-ring (bicyclic) bond motifs is 1. The molecule has 6 nitrogen and oxygen atoms in total. The minimum Gasteiger partial charge on any atom is -0.494 e. The molecule has 2 heterocycles. The molecule has 0 radical (unpaired) electrons. The fraction of sp³-hybridized carbons (Fsp3) is 0.444. The minimum absolute atomic E-state index is 0.0138. The molecule has 0 bridgehead atoms. The van der Waals surface area contributed by atoms with E-state index in [9.17, 15) is 22.7 Å². The van der Waals surface area contributed by atoms with Crippen LogP contribution in [0.25, 0.3) is 0 Å². The second-order valence-corrected chi connectivity index (χ2v) is 7.10. The smallest absolute Gasteiger partial charge is 0.405 e. The van der Waals surface area contributed by atoms with Crippen molar-refractivity contribution >= 4 is 17.3 Å². The van der Waals surface area contributed by atoms with E-state index in [1.165, 1.54) is 25.3 Å². The van der Waals surface area contributed by atoms with E-state index in [4.69, 9.17) is 4.74 Å². The minimum atomic E-state index is -4.43. The van der Waals surface area contributed by atoms with Crippen molar-refractivity contribution in [2.24, 2.45) is 0 Å². The van der Waals surface area contributed by atoms with Crippen molar-refractivity contribution in [3.05, 3.63) is 35.4 Å². The number of methoxy groups -OCH3 is 1. The summed E-state index contributed by atoms with van der Waals surface area (Å²) in [7, 11) is 1.40. The van der Waals surface area contributed by atoms with Gasteiger partial charge in [-0.3, -0.25) is 0 Å². The molecule has 0 aliphatic carbocycles. The molecule has 2 aromatic rings. The van der Waals surface area contributed by atoms with Crippen molar-refractivity contribution in [2.45, 2.75) is 32.0 Å². The molecule has 0 saturated carbocycles. The number of hydrogen-bond acceptors (Lipinski definition) is 6. The lowest BCUT2D eigenvalue weighted by molar-refractivity contribution is -0.115. The number of ether oxygens (including phenoxy) is 1. The van der Waals surface area contributed by atoms with Crippen LogP contribution in [0.2, 0.25) is 0 Å². The quantitative estimate of drug-likeness (QED) is 0.749. The highest BCUT2D eigenvalue weighted by molar-refractivity contribution is 5.77. The number of halogens is 4. The lowest BCUT2D eigenvalue weighted by Crippen LogP contribution is -2.27. The van der Waals surface area contributed by atoms with Gasteiger partial charge >= 0.3 is 6.18 Å². The number of aromatic nitrogens is 2. The molecular formula is C18H20F4N4O2. The molecule has 28 heavy (non-hydrogen) atoms. The van der Waals surface area contributed by atoms with Crippen LogP contribution in [-0.4, -0.2) is 41.5 Å². The van der Waals surface area contributed by atoms with Gasteiger partial charge in [0, 0.05) is 23.6 Å². The van der Waals surface area contributed by atoms with Gasteiger partial charge in [-0.25, -0.2) is 14.4 Å². The number of nitrogens with one attached hydrogen (secondary N) is 1. The Morgan fingerprint density at radius 3 is 2.61 bits per heavy atom. The second-order valence-electron chi connectivity index (χ2n) is 7.10. The summed E-state index contributed by atoms with van der Waals surface area (Å²) in [4.78, 5) is 10.1. The molecule has 1 aromatic heterocycles. The summed E-state index contributed by atoms with van der Waals surface area (Å²) < 4.78 is 57.0. The molecule has 3 rings (SSSR count). The van der Waals surface area contributed by atoms with Crippen LogP contribution in [0, 0.1) is 5.82 Å². The molecule has 2 N–H and O–H groups in total. The molecule has 0 spiro atoms. The monoisotopic (exact) mass is 400 g/mol. The number of nitrogens with zero attached hydrogens (tertiary/aromatic N) is 3. The normalized spacial score (nSPS) is 15.5. The molecule has 1 aliphatic heterocycles. The van der Waals surface area contributed by atoms with Gasteiger partial charge in [0.1, 0.15) is 36.4 Å². The standard InChI is InChI=1S/C18H20F4N4O2/c1-17(2)9-26(11-5-4-10(19)6-12(11)28-3)16-14(17)15(23-8-18(20,21)22)24-13(7-27)25-16/h4-6,27H,7-9H2,1-3H3,(H,23,24,25). The summed E-state index contributed by atoms with van der Waals surface area (Å²) in [5.41, 5.74) is 0.386. The summed E-state index contributed by atoms with van der Waals surface area (Å²) in [6.45, 7) is 2.25. The molecule has 1 aliphatic rings. The first kappa shape index (κ1) is 20.1. The number of aliphatic hydroxyl groups excluding tert-OH is 1. The van der Waals surface area contributed by atoms with Crippen molar-refractivity contribution in [1.82, 2.24) is 9.97 Å². The molecule has 0 atom stereocenters. The number of aliphatic hydroxyl groups is 1. The van der Waals surface area contributed by atoms with Gasteiger partial charge in [0.25, 0.3) is 0 Å². The Bertz CT molecular complexity index is 887. The second kappa shape index (κ2) is 7.08. The molecule has 0 saturated heterocycles. The van der Waals surface area contributed by atoms with Crippen LogP contribution in [0.4, 0.5) is 34.9 Å². The van der Waals surface area contributed by atoms with Crippen molar-refractivity contribution in [2.75, 3.05) is 30.4 Å². The van der Waals surface area contributed by atoms with E-state index in [0.717, 1.165) is 0 Å². The molecule has 0 amide bonds. The fourth-order valence-corrected chi connectivity index (χ4v) is 3.32. The predicted molar refractivity (Wildman–Crippen MR) is 95.5 cm³/mol. The molecule has 152 valence electrons. The SMILES string of the molecule is COc1cc(F)ccc1N1CC(C)(C)c2c(NCC(F)(F)F)nc(CO)nc21. The average molecular weight is 400 g/mol. The largest absolute Gasteiger partial charge is 0.494 e. The third-order valence-corrected chi connectivity index (χ3v) is 4.45. The Hall–Kier alpha value is -2.62. The average Bonchev–Trinajstić information content (AvgIpc) is 2.89. The number of alkyl halides is 3. The lowest BCUT2D eigenvalue weighted by Gasteiger charge is -2.23. The van der Waals surface area contributed by atoms with Crippen LogP contribution in [0.3, 0.4) is 0 Å². The number of benzene rings is 1. The van der Waals surface area contributed by atoms with E-state index in [-0.39, 0.29) is 17.4 Å². The number of rotatable bonds is 5. The maximum Gasteiger partial charge on any atom is 0.405 e. The summed E-state index contributed by atoms with van der Waals surface area (Å²) in [5.74, 6) is 0.119. The van der Waals surface area contributed by atoms with Gasteiger partial charge in [0.05, 0.1) is 12.8 Å². The van der Waals surface area contributed by atoms with Crippen LogP contribution < -0.4 is 15.0 Å². The van der Waals surface area contributed by atoms with Crippen molar-refractivity contribution in [3.63, 3.8) is 0 Å². The highest BCUT2D eigenvalue weighted by Crippen LogP contribution is 2.48. The molecule has 1 aromatic carbocycles. The zero-order chi connectivity index (χ0) is 20.7. The van der Waals surface area contributed by atoms with E-state index in [0.29, 0.717) is 23.6 Å². The van der Waals surface area contributed by atoms with Crippen LogP contribution in [-0.2, 0) is 12.0 Å². The Balaban J connectivity index is 2.14. The summed E-state index contributed by atoms with van der Waals surface area (Å²) in [5, 5.41) is 11.8. The molecular weight excluding hydrogens is 380 g/mol. The van der Waals surface area contributed by atoms with Crippen molar-refractivity contribution in [3.8, 4) is 5.75 Å². The van der Waals surface area contributed by atoms with Gasteiger partial charge < -0.3 is 20.1 Å². The van der Waals surface area contributed by atoms with Gasteiger partial charge in [0.2, 0.25) is 0 Å². The van der Waals surface area contributed by atoms with Crippen LogP contribution in [0.1, 0.15) is 25.2 Å². The zero-order valence-electron chi connectivity index (χ0n) is 15.6. The first-order valence-electron chi connectivity index (χ1n) is 8.49. The van der Waals surface area contributed by atoms with E-state index >= 15 is 0 Å². The topological polar surface area (TPSA) is 70.5 Å². The molecule has 0 fully saturated rings. The highest BCUT2D eigenvalue weighted by atomic mass is 19.4.